The van der Waals surface area contributed by atoms with Gasteiger partial charge in [0.25, 0.3) is 0 Å². The van der Waals surface area contributed by atoms with Crippen molar-refractivity contribution in [3.63, 3.8) is 0 Å². The zero-order valence-corrected chi connectivity index (χ0v) is 9.37. The van der Waals surface area contributed by atoms with Gasteiger partial charge in [-0.15, -0.1) is 0 Å². The Morgan fingerprint density at radius 2 is 2.07 bits per heavy atom. The molecular formula is C12H22N2O. The number of nitrogens with one attached hydrogen (secondary N) is 2. The second-order valence-electron chi connectivity index (χ2n) is 5.35. The molecule has 0 spiro atoms. The van der Waals surface area contributed by atoms with Gasteiger partial charge < -0.3 is 15.4 Å². The molecule has 0 aliphatic carbocycles. The van der Waals surface area contributed by atoms with Crippen molar-refractivity contribution in [3.05, 3.63) is 0 Å². The van der Waals surface area contributed by atoms with Crippen LogP contribution in [-0.2, 0) is 4.74 Å². The van der Waals surface area contributed by atoms with E-state index in [0.717, 1.165) is 37.1 Å². The average molecular weight is 210 g/mol. The topological polar surface area (TPSA) is 33.3 Å². The van der Waals surface area contributed by atoms with Gasteiger partial charge in [-0.3, -0.25) is 0 Å². The third-order valence-electron chi connectivity index (χ3n) is 4.36. The van der Waals surface area contributed by atoms with Crippen LogP contribution in [0.15, 0.2) is 0 Å². The summed E-state index contributed by atoms with van der Waals surface area (Å²) in [4.78, 5) is 0. The van der Waals surface area contributed by atoms with Gasteiger partial charge in [0.15, 0.2) is 0 Å². The lowest BCUT2D eigenvalue weighted by molar-refractivity contribution is 0.0413. The monoisotopic (exact) mass is 210 g/mol. The summed E-state index contributed by atoms with van der Waals surface area (Å²) in [6, 6.07) is 1.53. The molecule has 3 fully saturated rings. The quantitative estimate of drug-likeness (QED) is 0.670. The minimum Gasteiger partial charge on any atom is -0.381 e. The highest BCUT2D eigenvalue weighted by Gasteiger charge is 2.38. The van der Waals surface area contributed by atoms with Crippen molar-refractivity contribution in [3.8, 4) is 0 Å². The molecule has 86 valence electrons. The molecule has 2 N–H and O–H groups in total. The van der Waals surface area contributed by atoms with Crippen molar-refractivity contribution in [2.75, 3.05) is 26.3 Å². The molecule has 3 saturated heterocycles. The van der Waals surface area contributed by atoms with Crippen molar-refractivity contribution in [1.29, 1.82) is 0 Å². The number of hydrogen-bond acceptors (Lipinski definition) is 3. The molecule has 4 atom stereocenters. The summed E-state index contributed by atoms with van der Waals surface area (Å²) in [5.41, 5.74) is 0. The molecule has 0 aromatic heterocycles. The van der Waals surface area contributed by atoms with Gasteiger partial charge in [0.05, 0.1) is 6.61 Å². The first kappa shape index (κ1) is 10.1. The molecule has 0 bridgehead atoms. The molecule has 3 heteroatoms. The summed E-state index contributed by atoms with van der Waals surface area (Å²) in [7, 11) is 0. The first-order chi connectivity index (χ1) is 7.43. The predicted molar refractivity (Wildman–Crippen MR) is 59.8 cm³/mol. The lowest BCUT2D eigenvalue weighted by Crippen LogP contribution is -2.43. The van der Waals surface area contributed by atoms with Gasteiger partial charge in [-0.25, -0.2) is 0 Å². The second-order valence-corrected chi connectivity index (χ2v) is 5.35. The van der Waals surface area contributed by atoms with Crippen LogP contribution < -0.4 is 10.6 Å². The number of ether oxygens (including phenoxy) is 1. The lowest BCUT2D eigenvalue weighted by Gasteiger charge is -2.28. The maximum atomic E-state index is 5.59. The Bertz CT molecular complexity index is 202. The Morgan fingerprint density at radius 3 is 2.87 bits per heavy atom. The molecule has 3 aliphatic heterocycles. The van der Waals surface area contributed by atoms with Crippen LogP contribution in [0.2, 0.25) is 0 Å². The van der Waals surface area contributed by atoms with Crippen LogP contribution in [0.25, 0.3) is 0 Å². The van der Waals surface area contributed by atoms with Crippen LogP contribution >= 0.6 is 0 Å². The number of rotatable bonds is 1. The molecule has 0 aromatic rings. The Hall–Kier alpha value is -0.120. The van der Waals surface area contributed by atoms with E-state index in [1.165, 1.54) is 38.8 Å². The first-order valence-corrected chi connectivity index (χ1v) is 6.48. The van der Waals surface area contributed by atoms with Crippen molar-refractivity contribution in [1.82, 2.24) is 10.6 Å². The molecule has 0 radical (unpaired) electrons. The van der Waals surface area contributed by atoms with Gasteiger partial charge in [-0.1, -0.05) is 0 Å². The van der Waals surface area contributed by atoms with Crippen LogP contribution in [0.4, 0.5) is 0 Å². The van der Waals surface area contributed by atoms with Gasteiger partial charge in [-0.05, 0) is 50.6 Å². The molecule has 3 nitrogen and oxygen atoms in total. The van der Waals surface area contributed by atoms with E-state index in [-0.39, 0.29) is 0 Å². The largest absolute Gasteiger partial charge is 0.381 e. The normalized spacial score (nSPS) is 46.4. The SMILES string of the molecule is C1COCC(C2CC3CNCCC3N2)C1. The van der Waals surface area contributed by atoms with E-state index in [0.29, 0.717) is 0 Å². The second kappa shape index (κ2) is 4.40. The van der Waals surface area contributed by atoms with Crippen LogP contribution in [0.5, 0.6) is 0 Å². The van der Waals surface area contributed by atoms with Crippen LogP contribution in [0.3, 0.4) is 0 Å². The number of fused-ring (bicyclic) bond motifs is 1. The minimum absolute atomic E-state index is 0.736. The summed E-state index contributed by atoms with van der Waals surface area (Å²) in [6.07, 6.45) is 5.31. The molecule has 3 rings (SSSR count). The summed E-state index contributed by atoms with van der Waals surface area (Å²) in [5, 5.41) is 7.35. The predicted octanol–water partition coefficient (Wildman–Crippen LogP) is 0.753. The standard InChI is InChI=1S/C12H22N2O/c1-2-9(8-15-5-1)12-6-10-7-13-4-3-11(10)14-12/h9-14H,1-8H2. The lowest BCUT2D eigenvalue weighted by atomic mass is 9.88. The van der Waals surface area contributed by atoms with Gasteiger partial charge in [0.1, 0.15) is 0 Å². The smallest absolute Gasteiger partial charge is 0.0509 e. The molecule has 15 heavy (non-hydrogen) atoms. The van der Waals surface area contributed by atoms with E-state index in [1.807, 2.05) is 0 Å². The zero-order valence-electron chi connectivity index (χ0n) is 9.37. The zero-order chi connectivity index (χ0) is 10.1. The van der Waals surface area contributed by atoms with Gasteiger partial charge in [0.2, 0.25) is 0 Å². The fourth-order valence-electron chi connectivity index (χ4n) is 3.47. The molecule has 0 saturated carbocycles. The van der Waals surface area contributed by atoms with Crippen LogP contribution in [0.1, 0.15) is 25.7 Å². The Balaban J connectivity index is 1.59. The Labute approximate surface area is 91.9 Å². The van der Waals surface area contributed by atoms with Gasteiger partial charge >= 0.3 is 0 Å². The highest BCUT2D eigenvalue weighted by Crippen LogP contribution is 2.31. The van der Waals surface area contributed by atoms with E-state index in [4.69, 9.17) is 4.74 Å². The van der Waals surface area contributed by atoms with E-state index in [1.54, 1.807) is 0 Å². The fourth-order valence-corrected chi connectivity index (χ4v) is 3.47. The summed E-state index contributed by atoms with van der Waals surface area (Å²) in [5.74, 6) is 1.66. The van der Waals surface area contributed by atoms with Gasteiger partial charge in [-0.2, -0.15) is 0 Å². The molecule has 4 unspecified atom stereocenters. The summed E-state index contributed by atoms with van der Waals surface area (Å²) in [6.45, 7) is 4.39. The maximum Gasteiger partial charge on any atom is 0.0509 e. The van der Waals surface area contributed by atoms with E-state index in [2.05, 4.69) is 10.6 Å². The van der Waals surface area contributed by atoms with Gasteiger partial charge in [0, 0.05) is 18.7 Å². The molecule has 3 heterocycles. The summed E-state index contributed by atoms with van der Waals surface area (Å²) < 4.78 is 5.59. The van der Waals surface area contributed by atoms with Crippen LogP contribution in [0, 0.1) is 11.8 Å². The number of hydrogen-bond donors (Lipinski definition) is 2. The molecule has 0 aromatic carbocycles. The number of piperidine rings is 1. The van der Waals surface area contributed by atoms with Crippen molar-refractivity contribution < 1.29 is 4.74 Å². The van der Waals surface area contributed by atoms with E-state index >= 15 is 0 Å². The fraction of sp³-hybridized carbons (Fsp3) is 1.00. The maximum absolute atomic E-state index is 5.59. The van der Waals surface area contributed by atoms with E-state index < -0.39 is 0 Å². The highest BCUT2D eigenvalue weighted by atomic mass is 16.5. The third-order valence-corrected chi connectivity index (χ3v) is 4.36. The van der Waals surface area contributed by atoms with E-state index in [9.17, 15) is 0 Å². The van der Waals surface area contributed by atoms with Crippen molar-refractivity contribution >= 4 is 0 Å². The Morgan fingerprint density at radius 1 is 1.07 bits per heavy atom. The molecule has 3 aliphatic rings. The molecular weight excluding hydrogens is 188 g/mol. The minimum atomic E-state index is 0.736. The summed E-state index contributed by atoms with van der Waals surface area (Å²) >= 11 is 0. The average Bonchev–Trinajstić information content (AvgIpc) is 2.74. The highest BCUT2D eigenvalue weighted by molar-refractivity contribution is 4.97. The van der Waals surface area contributed by atoms with Crippen LogP contribution in [-0.4, -0.2) is 38.4 Å². The Kier molecular flexibility index (Phi) is 2.95. The van der Waals surface area contributed by atoms with Crippen molar-refractivity contribution in [2.45, 2.75) is 37.8 Å². The third kappa shape index (κ3) is 2.05. The van der Waals surface area contributed by atoms with Crippen molar-refractivity contribution in [2.24, 2.45) is 11.8 Å². The first-order valence-electron chi connectivity index (χ1n) is 6.48. The molecule has 0 amide bonds.